The van der Waals surface area contributed by atoms with Gasteiger partial charge in [0.05, 0.1) is 77.3 Å². The number of hydrogen-bond acceptors (Lipinski definition) is 16. The maximum absolute atomic E-state index is 8.56. The van der Waals surface area contributed by atoms with Crippen LogP contribution in [-0.2, 0) is 85.8 Å². The second-order valence-corrected chi connectivity index (χ2v) is 33.4. The zero-order chi connectivity index (χ0) is 89.6. The number of aliphatic hydroxyl groups is 8. The van der Waals surface area contributed by atoms with Gasteiger partial charge in [0.1, 0.15) is 0 Å². The molecule has 4 aromatic heterocycles. The topological polar surface area (TPSA) is 265 Å². The maximum Gasteiger partial charge on any atom is 0.0878 e. The second kappa shape index (κ2) is 55.8. The van der Waals surface area contributed by atoms with E-state index in [4.69, 9.17) is 60.8 Å². The normalized spacial score (nSPS) is 12.4. The molecule has 8 atom stereocenters. The van der Waals surface area contributed by atoms with Crippen molar-refractivity contribution in [2.75, 3.05) is 0 Å². The molecule has 4 radical (unpaired) electrons. The zero-order valence-corrected chi connectivity index (χ0v) is 87.1. The van der Waals surface area contributed by atoms with Gasteiger partial charge in [0, 0.05) is 157 Å². The Morgan fingerprint density at radius 3 is 0.944 bits per heavy atom. The van der Waals surface area contributed by atoms with Gasteiger partial charge >= 0.3 is 0 Å². The van der Waals surface area contributed by atoms with Crippen LogP contribution in [0.1, 0.15) is 197 Å². The van der Waals surface area contributed by atoms with E-state index in [0.717, 1.165) is 129 Å². The number of hydrogen-bond donors (Lipinski definition) is 8. The van der Waals surface area contributed by atoms with Crippen LogP contribution < -0.4 is 0 Å². The van der Waals surface area contributed by atoms with Gasteiger partial charge < -0.3 is 60.8 Å². The first kappa shape index (κ1) is 114. The average Bonchev–Trinajstić information content (AvgIpc) is 0.817. The minimum absolute atomic E-state index is 0. The third-order valence-corrected chi connectivity index (χ3v) is 18.4. The summed E-state index contributed by atoms with van der Waals surface area (Å²) in [5.41, 5.74) is 35.3. The van der Waals surface area contributed by atoms with E-state index < -0.39 is 0 Å². The van der Waals surface area contributed by atoms with E-state index in [2.05, 4.69) is 263 Å². The minimum Gasteiger partial charge on any atom is -0.393 e. The molecule has 0 aliphatic heterocycles. The fourth-order valence-electron chi connectivity index (χ4n) is 13.7. The van der Waals surface area contributed by atoms with E-state index in [1.807, 2.05) is 64.5 Å². The Morgan fingerprint density at radius 1 is 0.290 bits per heavy atom. The molecular formula is C104H132Ir4N8O8-4. The first-order valence-electron chi connectivity index (χ1n) is 41.4. The minimum atomic E-state index is -0.375. The average molecular weight is 2390 g/mol. The number of aryl methyl sites for hydroxylation is 16. The summed E-state index contributed by atoms with van der Waals surface area (Å²) in [5.74, 6) is 0. The molecule has 8 N–H and O–H groups in total. The first-order chi connectivity index (χ1) is 56.2. The fraction of sp³-hybridized carbons (Fsp3) is 0.385. The molecule has 0 aliphatic carbocycles. The fourth-order valence-corrected chi connectivity index (χ4v) is 13.7. The van der Waals surface area contributed by atoms with E-state index in [0.29, 0.717) is 25.7 Å². The molecule has 676 valence electrons. The first-order valence-corrected chi connectivity index (χ1v) is 41.4. The van der Waals surface area contributed by atoms with E-state index in [9.17, 15) is 0 Å². The van der Waals surface area contributed by atoms with Crippen molar-refractivity contribution in [1.29, 1.82) is 0 Å². The van der Waals surface area contributed by atoms with E-state index in [-0.39, 0.29) is 135 Å². The molecular weight excluding hydrogens is 2260 g/mol. The molecule has 124 heavy (non-hydrogen) atoms. The van der Waals surface area contributed by atoms with Crippen LogP contribution in [0.4, 0.5) is 0 Å². The molecule has 20 heteroatoms. The van der Waals surface area contributed by atoms with Gasteiger partial charge in [-0.1, -0.05) is 176 Å². The summed E-state index contributed by atoms with van der Waals surface area (Å²) >= 11 is 0. The monoisotopic (exact) mass is 2390 g/mol. The summed E-state index contributed by atoms with van der Waals surface area (Å²) in [7, 11) is 0. The number of benzene rings is 8. The van der Waals surface area contributed by atoms with Crippen molar-refractivity contribution in [1.82, 2.24) is 39.9 Å². The Kier molecular flexibility index (Phi) is 51.5. The van der Waals surface area contributed by atoms with Crippen LogP contribution >= 0.6 is 0 Å². The number of rotatable bonds is 16. The molecule has 12 aromatic rings. The Labute approximate surface area is 795 Å². The summed E-state index contributed by atoms with van der Waals surface area (Å²) in [6, 6.07) is 60.4. The molecule has 0 aliphatic rings. The maximum atomic E-state index is 8.56. The molecule has 12 rings (SSSR count). The predicted molar refractivity (Wildman–Crippen MR) is 493 cm³/mol. The van der Waals surface area contributed by atoms with E-state index >= 15 is 0 Å². The van der Waals surface area contributed by atoms with Gasteiger partial charge in [0.15, 0.2) is 0 Å². The molecule has 0 spiro atoms. The van der Waals surface area contributed by atoms with Gasteiger partial charge in [-0.15, -0.1) is 140 Å². The Hall–Kier alpha value is -7.64. The third kappa shape index (κ3) is 40.6. The molecule has 0 amide bonds. The van der Waals surface area contributed by atoms with E-state index in [1.165, 1.54) is 55.6 Å². The molecule has 8 unspecified atom stereocenters. The summed E-state index contributed by atoms with van der Waals surface area (Å²) in [4.78, 5) is 37.6. The molecule has 4 heterocycles. The molecule has 8 aromatic carbocycles. The van der Waals surface area contributed by atoms with Crippen LogP contribution in [0.3, 0.4) is 0 Å². The van der Waals surface area contributed by atoms with Gasteiger partial charge in [-0.3, -0.25) is 19.9 Å². The molecule has 0 saturated carbocycles. The second-order valence-electron chi connectivity index (χ2n) is 33.4. The number of nitrogens with zero attached hydrogens (tertiary/aromatic N) is 8. The van der Waals surface area contributed by atoms with Crippen molar-refractivity contribution in [2.45, 2.75) is 267 Å². The number of aromatic nitrogens is 8. The van der Waals surface area contributed by atoms with Gasteiger partial charge in [-0.25, -0.2) is 0 Å². The largest absolute Gasteiger partial charge is 0.393 e. The third-order valence-electron chi connectivity index (χ3n) is 18.4. The van der Waals surface area contributed by atoms with Crippen molar-refractivity contribution in [3.63, 3.8) is 0 Å². The van der Waals surface area contributed by atoms with Crippen molar-refractivity contribution >= 4 is 0 Å². The van der Waals surface area contributed by atoms with Crippen LogP contribution in [0.2, 0.25) is 0 Å². The summed E-state index contributed by atoms with van der Waals surface area (Å²) in [5, 5.41) is 68.5. The summed E-state index contributed by atoms with van der Waals surface area (Å²) in [6.45, 7) is 53.2. The Balaban J connectivity index is 0.000000754. The van der Waals surface area contributed by atoms with Crippen LogP contribution in [0, 0.1) is 135 Å². The van der Waals surface area contributed by atoms with Crippen LogP contribution in [-0.4, -0.2) is 130 Å². The van der Waals surface area contributed by atoms with Crippen LogP contribution in [0.5, 0.6) is 0 Å². The quantitative estimate of drug-likeness (QED) is 0.0418. The Morgan fingerprint density at radius 2 is 0.605 bits per heavy atom. The van der Waals surface area contributed by atoms with Gasteiger partial charge in [-0.05, 0) is 171 Å². The van der Waals surface area contributed by atoms with Gasteiger partial charge in [0.25, 0.3) is 0 Å². The van der Waals surface area contributed by atoms with Crippen molar-refractivity contribution < 1.29 is 121 Å². The molecule has 0 saturated heterocycles. The molecule has 0 fully saturated rings. The Bertz CT molecular complexity index is 5020. The van der Waals surface area contributed by atoms with Crippen molar-refractivity contribution in [3.05, 3.63) is 284 Å². The van der Waals surface area contributed by atoms with Gasteiger partial charge in [-0.2, -0.15) is 0 Å². The van der Waals surface area contributed by atoms with E-state index in [1.54, 1.807) is 67.8 Å². The predicted octanol–water partition coefficient (Wildman–Crippen LogP) is 21.2. The summed E-state index contributed by atoms with van der Waals surface area (Å²) < 4.78 is 0. The smallest absolute Gasteiger partial charge is 0.0878 e. The standard InChI is InChI=1S/C28H27N2.C26H23N2.C17H21N2.C13H13N2.4C5H12O2.4Ir/c1-17-10-18(2)13-23(12-17)27-28(24-14-19(3)11-20(4)15-24)30-25(16-29-27)26-21(5)8-7-9-22(26)6;1-17-10-18(2)13-22(12-17)25-26(23-14-19(3)11-20(4)15-23)28-24(16-27-25)21-8-6-5-7-9-21;1-11-7-14(9-15(8-11)17(4,5)6)16-13(3)19-12(2)10-18-16;1-9-6-10(2)8-12(7-9)13-11(3)14-4-5-15-13;4*1-4(6)3-5(2)7;;;;/h7-12,14-16H,1-6H3;5-12,14-16H,1-4H3;8-10H,1-6H3;4-7H,1-3H3;4*4-7H,3H2,1-2H3;;;;/q4*-1;;;;;;;;. The van der Waals surface area contributed by atoms with Crippen LogP contribution in [0.25, 0.3) is 90.1 Å². The molecule has 16 nitrogen and oxygen atoms in total. The van der Waals surface area contributed by atoms with Crippen LogP contribution in [0.15, 0.2) is 164 Å². The number of aliphatic hydroxyl groups excluding tert-OH is 8. The summed E-state index contributed by atoms with van der Waals surface area (Å²) in [6.07, 6.45) is 7.90. The van der Waals surface area contributed by atoms with Crippen molar-refractivity contribution in [2.24, 2.45) is 0 Å². The zero-order valence-electron chi connectivity index (χ0n) is 77.5. The van der Waals surface area contributed by atoms with Gasteiger partial charge in [0.2, 0.25) is 0 Å². The van der Waals surface area contributed by atoms with Crippen molar-refractivity contribution in [3.8, 4) is 90.1 Å². The molecule has 0 bridgehead atoms. The SMILES string of the molecule is CC(O)CC(C)O.CC(O)CC(C)O.CC(O)CC(C)O.CC(O)CC(C)O.Cc1[c-]c(-c2ncc(-c3c(C)cccc3C)nc2-c2cc(C)cc(C)c2)cc(C)c1.Cc1[c-]c(-c2ncc(-c3ccccc3)nc2-c2cc(C)cc(C)c2)cc(C)c1.Cc1[c-]c(-c2ncc(C)nc2C)cc(C(C)(C)C)c1.Cc1[c-]c(-c2nccnc2C)cc(C)c1.[Ir].[Ir].[Ir].[Ir].